The Bertz CT molecular complexity index is 300. The standard InChI is InChI=1S/C12H14O/c1-10-7-8-12(13-9-10)11-5-3-2-4-6-11/h2-6,9,12H,7-8H2,1H3. The second kappa shape index (κ2) is 3.65. The molecule has 2 rings (SSSR count). The van der Waals surface area contributed by atoms with E-state index in [2.05, 4.69) is 31.2 Å². The lowest BCUT2D eigenvalue weighted by Gasteiger charge is -2.21. The van der Waals surface area contributed by atoms with Crippen LogP contribution in [-0.2, 0) is 4.74 Å². The highest BCUT2D eigenvalue weighted by Crippen LogP contribution is 2.28. The van der Waals surface area contributed by atoms with Crippen LogP contribution in [0.1, 0.15) is 31.4 Å². The summed E-state index contributed by atoms with van der Waals surface area (Å²) in [4.78, 5) is 0. The third-order valence-electron chi connectivity index (χ3n) is 2.41. The average molecular weight is 174 g/mol. The van der Waals surface area contributed by atoms with Crippen molar-refractivity contribution in [3.8, 4) is 0 Å². The van der Waals surface area contributed by atoms with Crippen molar-refractivity contribution in [2.45, 2.75) is 25.9 Å². The highest BCUT2D eigenvalue weighted by atomic mass is 16.5. The molecule has 1 aliphatic heterocycles. The zero-order chi connectivity index (χ0) is 9.10. The molecule has 1 heterocycles. The first-order valence-corrected chi connectivity index (χ1v) is 4.72. The van der Waals surface area contributed by atoms with Gasteiger partial charge in [0.2, 0.25) is 0 Å². The van der Waals surface area contributed by atoms with Crippen molar-refractivity contribution in [1.29, 1.82) is 0 Å². The molecule has 1 aromatic carbocycles. The van der Waals surface area contributed by atoms with Crippen molar-refractivity contribution in [3.05, 3.63) is 47.7 Å². The molecule has 13 heavy (non-hydrogen) atoms. The Balaban J connectivity index is 2.12. The van der Waals surface area contributed by atoms with Crippen molar-refractivity contribution >= 4 is 0 Å². The second-order valence-electron chi connectivity index (χ2n) is 3.54. The van der Waals surface area contributed by atoms with Crippen LogP contribution in [0.3, 0.4) is 0 Å². The van der Waals surface area contributed by atoms with Crippen molar-refractivity contribution in [3.63, 3.8) is 0 Å². The Labute approximate surface area is 79.0 Å². The molecule has 0 spiro atoms. The summed E-state index contributed by atoms with van der Waals surface area (Å²) < 4.78 is 5.61. The van der Waals surface area contributed by atoms with E-state index >= 15 is 0 Å². The van der Waals surface area contributed by atoms with Crippen LogP contribution in [0.5, 0.6) is 0 Å². The predicted octanol–water partition coefficient (Wildman–Crippen LogP) is 3.44. The zero-order valence-electron chi connectivity index (χ0n) is 7.86. The van der Waals surface area contributed by atoms with E-state index < -0.39 is 0 Å². The summed E-state index contributed by atoms with van der Waals surface area (Å²) in [5, 5.41) is 0. The van der Waals surface area contributed by atoms with Crippen molar-refractivity contribution < 1.29 is 4.74 Å². The average Bonchev–Trinajstić information content (AvgIpc) is 2.20. The predicted molar refractivity (Wildman–Crippen MR) is 53.3 cm³/mol. The molecule has 0 saturated carbocycles. The fourth-order valence-electron chi connectivity index (χ4n) is 1.60. The minimum Gasteiger partial charge on any atom is -0.493 e. The fraction of sp³-hybridized carbons (Fsp3) is 0.333. The van der Waals surface area contributed by atoms with Crippen LogP contribution in [0, 0.1) is 0 Å². The molecule has 0 bridgehead atoms. The lowest BCUT2D eigenvalue weighted by molar-refractivity contribution is 0.121. The molecule has 1 heteroatoms. The molecular formula is C12H14O. The molecule has 0 fully saturated rings. The van der Waals surface area contributed by atoms with Crippen LogP contribution in [0.2, 0.25) is 0 Å². The maximum Gasteiger partial charge on any atom is 0.123 e. The van der Waals surface area contributed by atoms with E-state index in [4.69, 9.17) is 4.74 Å². The monoisotopic (exact) mass is 174 g/mol. The Morgan fingerprint density at radius 2 is 2.00 bits per heavy atom. The van der Waals surface area contributed by atoms with Gasteiger partial charge in [0, 0.05) is 0 Å². The smallest absolute Gasteiger partial charge is 0.123 e. The highest BCUT2D eigenvalue weighted by Gasteiger charge is 2.14. The Morgan fingerprint density at radius 1 is 1.23 bits per heavy atom. The number of rotatable bonds is 1. The maximum absolute atomic E-state index is 5.61. The van der Waals surface area contributed by atoms with Crippen LogP contribution in [0.15, 0.2) is 42.2 Å². The third-order valence-corrected chi connectivity index (χ3v) is 2.41. The lowest BCUT2D eigenvalue weighted by atomic mass is 10.0. The summed E-state index contributed by atoms with van der Waals surface area (Å²) in [6, 6.07) is 10.4. The van der Waals surface area contributed by atoms with E-state index in [1.165, 1.54) is 11.1 Å². The van der Waals surface area contributed by atoms with Gasteiger partial charge in [0.15, 0.2) is 0 Å². The first-order valence-electron chi connectivity index (χ1n) is 4.72. The van der Waals surface area contributed by atoms with E-state index in [9.17, 15) is 0 Å². The minimum absolute atomic E-state index is 0.268. The molecule has 0 aromatic heterocycles. The van der Waals surface area contributed by atoms with Gasteiger partial charge in [-0.2, -0.15) is 0 Å². The molecule has 1 atom stereocenters. The molecule has 0 N–H and O–H groups in total. The number of hydrogen-bond acceptors (Lipinski definition) is 1. The highest BCUT2D eigenvalue weighted by molar-refractivity contribution is 5.19. The molecule has 1 aromatic rings. The molecule has 0 aliphatic carbocycles. The van der Waals surface area contributed by atoms with E-state index in [-0.39, 0.29) is 6.10 Å². The first-order chi connectivity index (χ1) is 6.36. The zero-order valence-corrected chi connectivity index (χ0v) is 7.86. The van der Waals surface area contributed by atoms with Crippen molar-refractivity contribution in [2.24, 2.45) is 0 Å². The van der Waals surface area contributed by atoms with Crippen LogP contribution >= 0.6 is 0 Å². The van der Waals surface area contributed by atoms with Gasteiger partial charge in [-0.05, 0) is 30.9 Å². The third kappa shape index (κ3) is 1.92. The SMILES string of the molecule is CC1=COC(c2ccccc2)CC1. The van der Waals surface area contributed by atoms with Gasteiger partial charge in [-0.1, -0.05) is 30.3 Å². The Hall–Kier alpha value is -1.24. The molecule has 0 saturated heterocycles. The van der Waals surface area contributed by atoms with E-state index in [1.54, 1.807) is 0 Å². The Kier molecular flexibility index (Phi) is 2.35. The van der Waals surface area contributed by atoms with E-state index in [0.29, 0.717) is 0 Å². The van der Waals surface area contributed by atoms with Crippen LogP contribution in [0.25, 0.3) is 0 Å². The molecule has 1 aliphatic rings. The second-order valence-corrected chi connectivity index (χ2v) is 3.54. The lowest BCUT2D eigenvalue weighted by Crippen LogP contribution is -2.05. The summed E-state index contributed by atoms with van der Waals surface area (Å²) in [6.45, 7) is 2.11. The Morgan fingerprint density at radius 3 is 2.62 bits per heavy atom. The minimum atomic E-state index is 0.268. The van der Waals surface area contributed by atoms with Gasteiger partial charge in [0.25, 0.3) is 0 Å². The van der Waals surface area contributed by atoms with Gasteiger partial charge in [-0.15, -0.1) is 0 Å². The number of allylic oxidation sites excluding steroid dienone is 1. The molecule has 68 valence electrons. The topological polar surface area (TPSA) is 9.23 Å². The summed E-state index contributed by atoms with van der Waals surface area (Å²) in [5.41, 5.74) is 2.62. The number of benzene rings is 1. The number of hydrogen-bond donors (Lipinski definition) is 0. The number of ether oxygens (including phenoxy) is 1. The van der Waals surface area contributed by atoms with Gasteiger partial charge in [-0.25, -0.2) is 0 Å². The van der Waals surface area contributed by atoms with Crippen molar-refractivity contribution in [2.75, 3.05) is 0 Å². The molecular weight excluding hydrogens is 160 g/mol. The van der Waals surface area contributed by atoms with Gasteiger partial charge < -0.3 is 4.74 Å². The van der Waals surface area contributed by atoms with Gasteiger partial charge in [0.05, 0.1) is 6.26 Å². The maximum atomic E-state index is 5.61. The fourth-order valence-corrected chi connectivity index (χ4v) is 1.60. The quantitative estimate of drug-likeness (QED) is 0.633. The van der Waals surface area contributed by atoms with Gasteiger partial charge >= 0.3 is 0 Å². The van der Waals surface area contributed by atoms with Crippen LogP contribution in [0.4, 0.5) is 0 Å². The normalized spacial score (nSPS) is 21.9. The molecule has 0 amide bonds. The molecule has 1 unspecified atom stereocenters. The molecule has 1 nitrogen and oxygen atoms in total. The summed E-state index contributed by atoms with van der Waals surface area (Å²) in [7, 11) is 0. The largest absolute Gasteiger partial charge is 0.493 e. The van der Waals surface area contributed by atoms with E-state index in [1.807, 2.05) is 12.3 Å². The molecule has 0 radical (unpaired) electrons. The summed E-state index contributed by atoms with van der Waals surface area (Å²) >= 11 is 0. The first kappa shape index (κ1) is 8.36. The van der Waals surface area contributed by atoms with Gasteiger partial charge in [0.1, 0.15) is 6.10 Å². The van der Waals surface area contributed by atoms with Crippen LogP contribution in [-0.4, -0.2) is 0 Å². The van der Waals surface area contributed by atoms with Gasteiger partial charge in [-0.3, -0.25) is 0 Å². The summed E-state index contributed by atoms with van der Waals surface area (Å²) in [5.74, 6) is 0. The van der Waals surface area contributed by atoms with Crippen molar-refractivity contribution in [1.82, 2.24) is 0 Å². The van der Waals surface area contributed by atoms with E-state index in [0.717, 1.165) is 12.8 Å². The van der Waals surface area contributed by atoms with Crippen LogP contribution < -0.4 is 0 Å². The summed E-state index contributed by atoms with van der Waals surface area (Å²) in [6.07, 6.45) is 4.41.